The minimum atomic E-state index is -1.18. The third kappa shape index (κ3) is 4.82. The van der Waals surface area contributed by atoms with Gasteiger partial charge in [0.25, 0.3) is 0 Å². The van der Waals surface area contributed by atoms with Gasteiger partial charge in [-0.25, -0.2) is 0 Å². The maximum absolute atomic E-state index is 14.5. The first kappa shape index (κ1) is 29.0. The smallest absolute Gasteiger partial charge is 0.312 e. The van der Waals surface area contributed by atoms with Gasteiger partial charge in [-0.15, -0.1) is 13.2 Å². The van der Waals surface area contributed by atoms with Crippen LogP contribution in [-0.4, -0.2) is 76.2 Å². The zero-order chi connectivity index (χ0) is 28.2. The molecule has 1 aromatic carbocycles. The monoisotopic (exact) mass is 538 g/mol. The Hall–Kier alpha value is -2.97. The molecule has 8 heteroatoms. The molecule has 8 nitrogen and oxygen atoms in total. The quantitative estimate of drug-likeness (QED) is 0.220. The number of carbonyl (C=O) groups excluding carboxylic acids is 3. The number of aliphatic hydroxyl groups excluding tert-OH is 1. The number of rotatable bonds is 14. The summed E-state index contributed by atoms with van der Waals surface area (Å²) in [4.78, 5) is 45.7. The van der Waals surface area contributed by atoms with Crippen LogP contribution in [0.25, 0.3) is 0 Å². The Morgan fingerprint density at radius 2 is 1.97 bits per heavy atom. The molecule has 39 heavy (non-hydrogen) atoms. The molecule has 2 unspecified atom stereocenters. The van der Waals surface area contributed by atoms with Gasteiger partial charge in [0.15, 0.2) is 0 Å². The molecule has 1 aromatic rings. The van der Waals surface area contributed by atoms with Crippen LogP contribution in [0.3, 0.4) is 0 Å². The zero-order valence-electron chi connectivity index (χ0n) is 23.2. The number of ether oxygens (including phenoxy) is 2. The fraction of sp³-hybridized carbons (Fsp3) is 0.581. The van der Waals surface area contributed by atoms with E-state index in [2.05, 4.69) is 20.1 Å². The molecule has 2 bridgehead atoms. The number of benzene rings is 1. The summed E-state index contributed by atoms with van der Waals surface area (Å²) in [6, 6.07) is 7.48. The second-order valence-electron chi connectivity index (χ2n) is 10.9. The predicted molar refractivity (Wildman–Crippen MR) is 147 cm³/mol. The molecule has 1 spiro atoms. The molecule has 3 aliphatic heterocycles. The molecule has 3 heterocycles. The lowest BCUT2D eigenvalue weighted by Crippen LogP contribution is -2.57. The van der Waals surface area contributed by atoms with Gasteiger partial charge in [0, 0.05) is 13.1 Å². The Kier molecular flexibility index (Phi) is 8.96. The lowest BCUT2D eigenvalue weighted by molar-refractivity contribution is -0.163. The molecule has 4 rings (SSSR count). The van der Waals surface area contributed by atoms with Crippen LogP contribution in [0.15, 0.2) is 55.6 Å². The Morgan fingerprint density at radius 3 is 2.59 bits per heavy atom. The van der Waals surface area contributed by atoms with Crippen LogP contribution >= 0.6 is 0 Å². The van der Waals surface area contributed by atoms with Crippen molar-refractivity contribution in [3.05, 3.63) is 61.2 Å². The highest BCUT2D eigenvalue weighted by Gasteiger charge is 2.79. The van der Waals surface area contributed by atoms with Gasteiger partial charge in [0.05, 0.1) is 30.8 Å². The van der Waals surface area contributed by atoms with E-state index < -0.39 is 41.1 Å². The molecule has 212 valence electrons. The van der Waals surface area contributed by atoms with Crippen LogP contribution in [0, 0.1) is 11.8 Å². The molecule has 0 saturated carbocycles. The predicted octanol–water partition coefficient (Wildman–Crippen LogP) is 3.81. The van der Waals surface area contributed by atoms with E-state index in [0.717, 1.165) is 18.4 Å². The zero-order valence-corrected chi connectivity index (χ0v) is 23.2. The summed E-state index contributed by atoms with van der Waals surface area (Å²) >= 11 is 0. The molecule has 3 aliphatic rings. The number of nitrogens with zero attached hydrogens (tertiary/aromatic N) is 2. The maximum atomic E-state index is 14.5. The molecule has 2 amide bonds. The van der Waals surface area contributed by atoms with Crippen molar-refractivity contribution >= 4 is 17.8 Å². The van der Waals surface area contributed by atoms with E-state index in [1.807, 2.05) is 37.3 Å². The fourth-order valence-electron chi connectivity index (χ4n) is 6.96. The van der Waals surface area contributed by atoms with E-state index in [-0.39, 0.29) is 25.0 Å². The van der Waals surface area contributed by atoms with Crippen molar-refractivity contribution in [3.63, 3.8) is 0 Å². The Balaban J connectivity index is 1.83. The van der Waals surface area contributed by atoms with E-state index in [1.165, 1.54) is 4.90 Å². The van der Waals surface area contributed by atoms with Crippen molar-refractivity contribution in [1.29, 1.82) is 0 Å². The van der Waals surface area contributed by atoms with Crippen LogP contribution in [0.4, 0.5) is 0 Å². The van der Waals surface area contributed by atoms with Crippen molar-refractivity contribution in [2.45, 2.75) is 75.7 Å². The average molecular weight is 539 g/mol. The van der Waals surface area contributed by atoms with Gasteiger partial charge in [0.1, 0.15) is 17.6 Å². The van der Waals surface area contributed by atoms with Crippen LogP contribution < -0.4 is 0 Å². The topological polar surface area (TPSA) is 96.4 Å². The summed E-state index contributed by atoms with van der Waals surface area (Å²) in [6.07, 6.45) is 7.12. The number of likely N-dealkylation sites (tertiary alicyclic amines) is 1. The van der Waals surface area contributed by atoms with Gasteiger partial charge in [-0.05, 0) is 37.7 Å². The van der Waals surface area contributed by atoms with E-state index in [4.69, 9.17) is 9.47 Å². The third-order valence-electron chi connectivity index (χ3n) is 8.81. The van der Waals surface area contributed by atoms with E-state index in [1.54, 1.807) is 17.1 Å². The molecular weight excluding hydrogens is 496 g/mol. The van der Waals surface area contributed by atoms with Crippen LogP contribution in [0.5, 0.6) is 0 Å². The molecular formula is C31H42N2O6. The van der Waals surface area contributed by atoms with Crippen molar-refractivity contribution in [2.24, 2.45) is 11.8 Å². The summed E-state index contributed by atoms with van der Waals surface area (Å²) in [5.41, 5.74) is -1.33. The summed E-state index contributed by atoms with van der Waals surface area (Å²) in [5.74, 6) is -2.74. The highest BCUT2D eigenvalue weighted by Crippen LogP contribution is 2.65. The van der Waals surface area contributed by atoms with Crippen molar-refractivity contribution < 1.29 is 29.0 Å². The van der Waals surface area contributed by atoms with Crippen LogP contribution in [0.2, 0.25) is 0 Å². The van der Waals surface area contributed by atoms with Crippen molar-refractivity contribution in [3.8, 4) is 0 Å². The summed E-state index contributed by atoms with van der Waals surface area (Å²) in [7, 11) is 0. The molecule has 0 aliphatic carbocycles. The molecule has 3 saturated heterocycles. The van der Waals surface area contributed by atoms with Gasteiger partial charge >= 0.3 is 5.97 Å². The van der Waals surface area contributed by atoms with Gasteiger partial charge in [-0.2, -0.15) is 0 Å². The number of hydrogen-bond donors (Lipinski definition) is 1. The molecule has 1 N–H and O–H groups in total. The minimum absolute atomic E-state index is 0.173. The molecule has 3 fully saturated rings. The number of esters is 1. The number of amides is 2. The number of fused-ring (bicyclic) bond motifs is 1. The maximum Gasteiger partial charge on any atom is 0.312 e. The summed E-state index contributed by atoms with van der Waals surface area (Å²) in [6.45, 7) is 12.2. The van der Waals surface area contributed by atoms with Gasteiger partial charge in [-0.1, -0.05) is 62.8 Å². The Bertz CT molecular complexity index is 1080. The van der Waals surface area contributed by atoms with E-state index in [0.29, 0.717) is 38.8 Å². The van der Waals surface area contributed by atoms with Gasteiger partial charge < -0.3 is 24.4 Å². The summed E-state index contributed by atoms with van der Waals surface area (Å²) < 4.78 is 12.4. The van der Waals surface area contributed by atoms with E-state index >= 15 is 0 Å². The lowest BCUT2D eigenvalue weighted by Gasteiger charge is -2.39. The molecule has 6 atom stereocenters. The Labute approximate surface area is 231 Å². The number of carbonyl (C=O) groups is 3. The second kappa shape index (κ2) is 12.0. The standard InChI is InChI=1S/C31H42N2O6/c1-5-9-19-32(18-7-3)28(36)26-31-17-16-30(8-4,39-31)25(29(37)38-20-10-6-2)24(31)27(35)33(26)23(21-34)22-14-12-11-13-15-22/h6-7,11-15,23-26,34H,2-3,5,8-10,16-21H2,1,4H3/t23-,24+,25+,26?,30-,31?/m1/s1. The molecule has 0 aromatic heterocycles. The first-order chi connectivity index (χ1) is 18.9. The molecule has 0 radical (unpaired) electrons. The first-order valence-electron chi connectivity index (χ1n) is 14.2. The third-order valence-corrected chi connectivity index (χ3v) is 8.81. The van der Waals surface area contributed by atoms with Crippen molar-refractivity contribution in [1.82, 2.24) is 9.80 Å². The minimum Gasteiger partial charge on any atom is -0.465 e. The average Bonchev–Trinajstić information content (AvgIpc) is 3.56. The van der Waals surface area contributed by atoms with Gasteiger partial charge in [0.2, 0.25) is 11.8 Å². The fourth-order valence-corrected chi connectivity index (χ4v) is 6.96. The van der Waals surface area contributed by atoms with E-state index in [9.17, 15) is 19.5 Å². The highest BCUT2D eigenvalue weighted by atomic mass is 16.6. The second-order valence-corrected chi connectivity index (χ2v) is 10.9. The lowest BCUT2D eigenvalue weighted by atomic mass is 9.65. The number of hydrogen-bond acceptors (Lipinski definition) is 6. The largest absolute Gasteiger partial charge is 0.465 e. The van der Waals surface area contributed by atoms with Crippen LogP contribution in [0.1, 0.15) is 64.0 Å². The first-order valence-corrected chi connectivity index (χ1v) is 14.2. The van der Waals surface area contributed by atoms with Gasteiger partial charge in [-0.3, -0.25) is 14.4 Å². The number of unbranched alkanes of at least 4 members (excludes halogenated alkanes) is 1. The SMILES string of the molecule is C=CCCOC(=O)[C@@H]1[C@H]2C(=O)N([C@H](CO)c3ccccc3)C(C(=O)N(CC=C)CCCC)C23CC[C@@]1(CC)O3. The van der Waals surface area contributed by atoms with Crippen LogP contribution in [-0.2, 0) is 23.9 Å². The normalized spacial score (nSPS) is 29.7. The Morgan fingerprint density at radius 1 is 1.23 bits per heavy atom. The number of aliphatic hydroxyl groups is 1. The highest BCUT2D eigenvalue weighted by molar-refractivity contribution is 5.99. The summed E-state index contributed by atoms with van der Waals surface area (Å²) in [5, 5.41) is 10.6. The van der Waals surface area contributed by atoms with Crippen molar-refractivity contribution in [2.75, 3.05) is 26.3 Å².